The lowest BCUT2D eigenvalue weighted by molar-refractivity contribution is 0.398. The average molecular weight is 575 g/mol. The molecule has 0 radical (unpaired) electrons. The van der Waals surface area contributed by atoms with E-state index >= 15 is 0 Å². The molecule has 0 spiro atoms. The Balaban J connectivity index is 1.46. The maximum Gasteiger partial charge on any atom is 0.164 e. The van der Waals surface area contributed by atoms with Gasteiger partial charge in [0.2, 0.25) is 0 Å². The van der Waals surface area contributed by atoms with Crippen molar-refractivity contribution in [1.82, 2.24) is 19.9 Å². The fourth-order valence-corrected chi connectivity index (χ4v) is 7.13. The van der Waals surface area contributed by atoms with E-state index in [1.807, 2.05) is 20.0 Å². The van der Waals surface area contributed by atoms with Crippen LogP contribution in [0.3, 0.4) is 0 Å². The van der Waals surface area contributed by atoms with Crippen LogP contribution in [0.5, 0.6) is 0 Å². The standard InChI is InChI=1S/C39H50N4/c1-5-7-9-11-13-17-25-39(26-18-14-12-10-8-6-2)35-20-16-15-19-33(35)34-23-21-31(27-36(34)39)37-24-22-32(28-40-37)38-42-29(3)41-30(4)43-38/h15-16,19-24,27-28H,5-14,17-18,25-26H2,1-4H3. The molecule has 0 amide bonds. The molecule has 4 aromatic rings. The zero-order valence-corrected chi connectivity index (χ0v) is 27.0. The third-order valence-electron chi connectivity index (χ3n) is 9.36. The number of aryl methyl sites for hydroxylation is 2. The molecule has 4 heteroatoms. The number of unbranched alkanes of at least 4 members (excludes halogenated alkanes) is 10. The van der Waals surface area contributed by atoms with Crippen LogP contribution in [-0.2, 0) is 5.41 Å². The Morgan fingerprint density at radius 1 is 0.558 bits per heavy atom. The highest BCUT2D eigenvalue weighted by Crippen LogP contribution is 2.54. The minimum absolute atomic E-state index is 0.0807. The van der Waals surface area contributed by atoms with Crippen LogP contribution < -0.4 is 0 Å². The maximum absolute atomic E-state index is 4.91. The molecule has 0 fully saturated rings. The Hall–Kier alpha value is -3.40. The van der Waals surface area contributed by atoms with Crippen molar-refractivity contribution in [1.29, 1.82) is 0 Å². The van der Waals surface area contributed by atoms with Crippen LogP contribution in [-0.4, -0.2) is 19.9 Å². The first kappa shape index (κ1) is 31.0. The Bertz CT molecular complexity index is 1440. The molecule has 2 aromatic carbocycles. The topological polar surface area (TPSA) is 51.6 Å². The smallest absolute Gasteiger partial charge is 0.164 e. The van der Waals surface area contributed by atoms with Gasteiger partial charge >= 0.3 is 0 Å². The Morgan fingerprint density at radius 2 is 1.14 bits per heavy atom. The van der Waals surface area contributed by atoms with Gasteiger partial charge in [0.25, 0.3) is 0 Å². The zero-order chi connectivity index (χ0) is 30.1. The predicted molar refractivity (Wildman–Crippen MR) is 180 cm³/mol. The van der Waals surface area contributed by atoms with Crippen molar-refractivity contribution in [3.63, 3.8) is 0 Å². The highest BCUT2D eigenvalue weighted by molar-refractivity contribution is 5.83. The first-order valence-corrected chi connectivity index (χ1v) is 17.0. The first-order valence-electron chi connectivity index (χ1n) is 17.0. The van der Waals surface area contributed by atoms with Crippen molar-refractivity contribution in [3.05, 3.63) is 83.6 Å². The lowest BCUT2D eigenvalue weighted by atomic mass is 9.70. The molecule has 2 heterocycles. The third kappa shape index (κ3) is 7.22. The number of pyridine rings is 1. The highest BCUT2D eigenvalue weighted by atomic mass is 15.0. The highest BCUT2D eigenvalue weighted by Gasteiger charge is 2.42. The molecule has 0 saturated carbocycles. The van der Waals surface area contributed by atoms with E-state index in [1.54, 1.807) is 5.56 Å². The fourth-order valence-electron chi connectivity index (χ4n) is 7.13. The van der Waals surface area contributed by atoms with Gasteiger partial charge in [0.05, 0.1) is 5.69 Å². The number of hydrogen-bond acceptors (Lipinski definition) is 4. The number of hydrogen-bond donors (Lipinski definition) is 0. The summed E-state index contributed by atoms with van der Waals surface area (Å²) in [6.45, 7) is 8.42. The zero-order valence-electron chi connectivity index (χ0n) is 27.0. The first-order chi connectivity index (χ1) is 21.1. The number of benzene rings is 2. The minimum Gasteiger partial charge on any atom is -0.255 e. The number of fused-ring (bicyclic) bond motifs is 3. The fraction of sp³-hybridized carbons (Fsp3) is 0.487. The molecule has 0 bridgehead atoms. The van der Waals surface area contributed by atoms with Crippen molar-refractivity contribution in [2.24, 2.45) is 0 Å². The van der Waals surface area contributed by atoms with Crippen molar-refractivity contribution in [2.45, 2.75) is 123 Å². The monoisotopic (exact) mass is 574 g/mol. The number of aromatic nitrogens is 4. The molecule has 43 heavy (non-hydrogen) atoms. The van der Waals surface area contributed by atoms with Gasteiger partial charge in [0.1, 0.15) is 11.6 Å². The van der Waals surface area contributed by atoms with E-state index in [0.717, 1.165) is 22.9 Å². The van der Waals surface area contributed by atoms with E-state index in [0.29, 0.717) is 5.82 Å². The van der Waals surface area contributed by atoms with Crippen LogP contribution in [0.4, 0.5) is 0 Å². The molecule has 0 saturated heterocycles. The predicted octanol–water partition coefficient (Wildman–Crippen LogP) is 11.0. The van der Waals surface area contributed by atoms with E-state index in [1.165, 1.54) is 112 Å². The third-order valence-corrected chi connectivity index (χ3v) is 9.36. The van der Waals surface area contributed by atoms with Crippen LogP contribution in [0.1, 0.15) is 127 Å². The molecule has 0 unspecified atom stereocenters. The van der Waals surface area contributed by atoms with Gasteiger partial charge in [0.15, 0.2) is 5.82 Å². The second-order valence-corrected chi connectivity index (χ2v) is 12.6. The number of rotatable bonds is 16. The summed E-state index contributed by atoms with van der Waals surface area (Å²) < 4.78 is 0. The summed E-state index contributed by atoms with van der Waals surface area (Å²) in [6, 6.07) is 20.6. The van der Waals surface area contributed by atoms with Gasteiger partial charge in [-0.25, -0.2) is 15.0 Å². The van der Waals surface area contributed by atoms with E-state index in [2.05, 4.69) is 83.4 Å². The summed E-state index contributed by atoms with van der Waals surface area (Å²) in [5.74, 6) is 2.15. The molecular formula is C39H50N4. The van der Waals surface area contributed by atoms with E-state index < -0.39 is 0 Å². The molecular weight excluding hydrogens is 524 g/mol. The summed E-state index contributed by atoms with van der Waals surface area (Å²) in [6.07, 6.45) is 20.3. The lowest BCUT2D eigenvalue weighted by Crippen LogP contribution is -2.25. The molecule has 2 aromatic heterocycles. The summed E-state index contributed by atoms with van der Waals surface area (Å²) in [5.41, 5.74) is 9.11. The quantitative estimate of drug-likeness (QED) is 0.125. The molecule has 0 N–H and O–H groups in total. The lowest BCUT2D eigenvalue weighted by Gasteiger charge is -2.33. The van der Waals surface area contributed by atoms with E-state index in [-0.39, 0.29) is 5.41 Å². The van der Waals surface area contributed by atoms with Crippen LogP contribution >= 0.6 is 0 Å². The SMILES string of the molecule is CCCCCCCCC1(CCCCCCCC)c2ccccc2-c2ccc(-c3ccc(-c4nc(C)nc(C)n4)cn3)cc21. The minimum atomic E-state index is 0.0807. The second-order valence-electron chi connectivity index (χ2n) is 12.6. The maximum atomic E-state index is 4.91. The summed E-state index contributed by atoms with van der Waals surface area (Å²) in [5, 5.41) is 0. The molecule has 226 valence electrons. The van der Waals surface area contributed by atoms with E-state index in [4.69, 9.17) is 4.98 Å². The molecule has 5 rings (SSSR count). The van der Waals surface area contributed by atoms with Crippen molar-refractivity contribution in [3.8, 4) is 33.8 Å². The van der Waals surface area contributed by atoms with Crippen LogP contribution in [0.25, 0.3) is 33.8 Å². The Morgan fingerprint density at radius 3 is 1.77 bits per heavy atom. The average Bonchev–Trinajstić information content (AvgIpc) is 3.29. The molecule has 1 aliphatic rings. The normalized spacial score (nSPS) is 13.2. The van der Waals surface area contributed by atoms with Crippen molar-refractivity contribution < 1.29 is 0 Å². The van der Waals surface area contributed by atoms with Crippen molar-refractivity contribution in [2.75, 3.05) is 0 Å². The Labute approximate surface area is 259 Å². The van der Waals surface area contributed by atoms with Gasteiger partial charge in [-0.1, -0.05) is 127 Å². The van der Waals surface area contributed by atoms with Crippen LogP contribution in [0.2, 0.25) is 0 Å². The van der Waals surface area contributed by atoms with Crippen LogP contribution in [0.15, 0.2) is 60.8 Å². The molecule has 4 nitrogen and oxygen atoms in total. The largest absolute Gasteiger partial charge is 0.255 e. The summed E-state index contributed by atoms with van der Waals surface area (Å²) >= 11 is 0. The van der Waals surface area contributed by atoms with Gasteiger partial charge < -0.3 is 0 Å². The van der Waals surface area contributed by atoms with Gasteiger partial charge in [-0.3, -0.25) is 4.98 Å². The molecule has 0 atom stereocenters. The van der Waals surface area contributed by atoms with Gasteiger partial charge in [0, 0.05) is 22.7 Å². The van der Waals surface area contributed by atoms with Crippen LogP contribution in [0, 0.1) is 13.8 Å². The summed E-state index contributed by atoms with van der Waals surface area (Å²) in [4.78, 5) is 18.3. The Kier molecular flexibility index (Phi) is 10.7. The van der Waals surface area contributed by atoms with Gasteiger partial charge in [-0.05, 0) is 67.1 Å². The van der Waals surface area contributed by atoms with Crippen molar-refractivity contribution >= 4 is 0 Å². The van der Waals surface area contributed by atoms with Gasteiger partial charge in [-0.2, -0.15) is 0 Å². The van der Waals surface area contributed by atoms with Gasteiger partial charge in [-0.15, -0.1) is 0 Å². The molecule has 0 aliphatic heterocycles. The van der Waals surface area contributed by atoms with E-state index in [9.17, 15) is 0 Å². The second kappa shape index (κ2) is 14.9. The summed E-state index contributed by atoms with van der Waals surface area (Å²) in [7, 11) is 0. The molecule has 1 aliphatic carbocycles. The number of nitrogens with zero attached hydrogens (tertiary/aromatic N) is 4.